The molecule has 5 nitrogen and oxygen atoms in total. The predicted molar refractivity (Wildman–Crippen MR) is 112 cm³/mol. The number of thiophene rings is 1. The normalized spacial score (nSPS) is 16.0. The van der Waals surface area contributed by atoms with E-state index in [2.05, 4.69) is 46.2 Å². The van der Waals surface area contributed by atoms with Crippen LogP contribution in [0.25, 0.3) is 10.2 Å². The summed E-state index contributed by atoms with van der Waals surface area (Å²) in [6.07, 6.45) is 4.17. The van der Waals surface area contributed by atoms with Crippen molar-refractivity contribution in [2.24, 2.45) is 0 Å². The topological polar surface area (TPSA) is 50.3 Å². The van der Waals surface area contributed by atoms with Gasteiger partial charge in [0, 0.05) is 17.0 Å². The van der Waals surface area contributed by atoms with Gasteiger partial charge in [-0.1, -0.05) is 18.2 Å². The summed E-state index contributed by atoms with van der Waals surface area (Å²) in [6, 6.07) is 8.61. The van der Waals surface area contributed by atoms with Gasteiger partial charge < -0.3 is 10.1 Å². The predicted octanol–water partition coefficient (Wildman–Crippen LogP) is 4.57. The molecule has 4 rings (SSSR count). The molecule has 0 aliphatic carbocycles. The Balaban J connectivity index is 1.65. The lowest BCUT2D eigenvalue weighted by Gasteiger charge is -2.29. The van der Waals surface area contributed by atoms with Gasteiger partial charge in [-0.05, 0) is 51.4 Å². The van der Waals surface area contributed by atoms with E-state index in [9.17, 15) is 0 Å². The molecule has 0 amide bonds. The minimum absolute atomic E-state index is 0.258. The summed E-state index contributed by atoms with van der Waals surface area (Å²) in [5, 5.41) is 4.78. The van der Waals surface area contributed by atoms with E-state index in [1.165, 1.54) is 28.8 Å². The second-order valence-corrected chi connectivity index (χ2v) is 8.27. The zero-order valence-electron chi connectivity index (χ0n) is 16.2. The molecule has 1 fully saturated rings. The maximum atomic E-state index is 5.65. The lowest BCUT2D eigenvalue weighted by molar-refractivity contribution is 0.249. The number of benzene rings is 1. The molecule has 142 valence electrons. The molecule has 1 aliphatic rings. The summed E-state index contributed by atoms with van der Waals surface area (Å²) in [5.41, 5.74) is 2.51. The van der Waals surface area contributed by atoms with Crippen molar-refractivity contribution in [3.8, 4) is 5.75 Å². The highest BCUT2D eigenvalue weighted by atomic mass is 32.1. The number of hydrogen-bond donors (Lipinski definition) is 1. The van der Waals surface area contributed by atoms with Crippen LogP contribution in [-0.4, -0.2) is 41.6 Å². The standard InChI is InChI=1S/C21H26N4OS/c1-14-15(2)27-21-19(14)20(23-13-24-21)22-12-17(25-10-6-7-11-25)16-8-4-5-9-18(16)26-3/h4-5,8-9,13,17H,6-7,10-12H2,1-3H3,(H,22,23,24)/t17-/m0/s1. The van der Waals surface area contributed by atoms with Crippen LogP contribution in [0, 0.1) is 13.8 Å². The van der Waals surface area contributed by atoms with Crippen LogP contribution in [0.4, 0.5) is 5.82 Å². The van der Waals surface area contributed by atoms with Gasteiger partial charge >= 0.3 is 0 Å². The van der Waals surface area contributed by atoms with Crippen LogP contribution in [0.2, 0.25) is 0 Å². The van der Waals surface area contributed by atoms with E-state index in [0.717, 1.165) is 41.4 Å². The van der Waals surface area contributed by atoms with Crippen LogP contribution in [0.5, 0.6) is 5.75 Å². The van der Waals surface area contributed by atoms with Gasteiger partial charge in [0.05, 0.1) is 18.5 Å². The maximum absolute atomic E-state index is 5.65. The number of likely N-dealkylation sites (tertiary alicyclic amines) is 1. The van der Waals surface area contributed by atoms with Gasteiger partial charge in [-0.2, -0.15) is 0 Å². The van der Waals surface area contributed by atoms with Crippen molar-refractivity contribution in [2.75, 3.05) is 32.1 Å². The van der Waals surface area contributed by atoms with Crippen LogP contribution in [0.3, 0.4) is 0 Å². The Hall–Kier alpha value is -2.18. The summed E-state index contributed by atoms with van der Waals surface area (Å²) in [4.78, 5) is 13.9. The third-order valence-corrected chi connectivity index (χ3v) is 6.62. The van der Waals surface area contributed by atoms with E-state index in [1.54, 1.807) is 24.8 Å². The average molecular weight is 383 g/mol. The SMILES string of the molecule is COc1ccccc1[C@H](CNc1ncnc2sc(C)c(C)c12)N1CCCC1. The monoisotopic (exact) mass is 382 g/mol. The highest BCUT2D eigenvalue weighted by molar-refractivity contribution is 7.18. The van der Waals surface area contributed by atoms with Crippen molar-refractivity contribution in [2.45, 2.75) is 32.7 Å². The van der Waals surface area contributed by atoms with Gasteiger partial charge in [-0.3, -0.25) is 4.90 Å². The van der Waals surface area contributed by atoms with Gasteiger partial charge in [0.15, 0.2) is 0 Å². The molecule has 0 radical (unpaired) electrons. The number of methoxy groups -OCH3 is 1. The van der Waals surface area contributed by atoms with Crippen molar-refractivity contribution in [3.05, 3.63) is 46.6 Å². The third kappa shape index (κ3) is 3.51. The van der Waals surface area contributed by atoms with E-state index >= 15 is 0 Å². The number of aromatic nitrogens is 2. The molecule has 0 unspecified atom stereocenters. The van der Waals surface area contributed by atoms with Crippen LogP contribution in [-0.2, 0) is 0 Å². The summed E-state index contributed by atoms with van der Waals surface area (Å²) in [5.74, 6) is 1.88. The van der Waals surface area contributed by atoms with Gasteiger partial charge in [0.1, 0.15) is 22.7 Å². The number of fused-ring (bicyclic) bond motifs is 1. The molecule has 27 heavy (non-hydrogen) atoms. The van der Waals surface area contributed by atoms with Gasteiger partial charge in [-0.25, -0.2) is 9.97 Å². The first kappa shape index (κ1) is 18.2. The molecule has 1 N–H and O–H groups in total. The molecule has 1 aliphatic heterocycles. The van der Waals surface area contributed by atoms with Crippen LogP contribution >= 0.6 is 11.3 Å². The molecular formula is C21H26N4OS. The first-order valence-electron chi connectivity index (χ1n) is 9.50. The van der Waals surface area contributed by atoms with E-state index < -0.39 is 0 Å². The molecule has 6 heteroatoms. The Labute approximate surface area is 164 Å². The zero-order valence-corrected chi connectivity index (χ0v) is 17.0. The summed E-state index contributed by atoms with van der Waals surface area (Å²) in [6.45, 7) is 7.34. The lowest BCUT2D eigenvalue weighted by atomic mass is 10.0. The highest BCUT2D eigenvalue weighted by Gasteiger charge is 2.26. The molecule has 3 aromatic rings. The Kier molecular flexibility index (Phi) is 5.27. The third-order valence-electron chi connectivity index (χ3n) is 5.51. The molecule has 1 aromatic carbocycles. The smallest absolute Gasteiger partial charge is 0.138 e. The number of para-hydroxylation sites is 1. The quantitative estimate of drug-likeness (QED) is 0.677. The number of rotatable bonds is 6. The minimum atomic E-state index is 0.258. The number of hydrogen-bond acceptors (Lipinski definition) is 6. The lowest BCUT2D eigenvalue weighted by Crippen LogP contribution is -2.31. The molecule has 0 bridgehead atoms. The molecule has 2 aromatic heterocycles. The minimum Gasteiger partial charge on any atom is -0.496 e. The molecule has 0 saturated carbocycles. The Morgan fingerprint density at radius 2 is 1.96 bits per heavy atom. The van der Waals surface area contributed by atoms with Crippen LogP contribution < -0.4 is 10.1 Å². The fourth-order valence-corrected chi connectivity index (χ4v) is 4.94. The van der Waals surface area contributed by atoms with Crippen molar-refractivity contribution < 1.29 is 4.74 Å². The molecule has 1 atom stereocenters. The number of ether oxygens (including phenoxy) is 1. The van der Waals surface area contributed by atoms with Crippen LogP contribution in [0.1, 0.15) is 34.9 Å². The van der Waals surface area contributed by atoms with E-state index in [-0.39, 0.29) is 6.04 Å². The van der Waals surface area contributed by atoms with E-state index in [0.29, 0.717) is 0 Å². The largest absolute Gasteiger partial charge is 0.496 e. The molecular weight excluding hydrogens is 356 g/mol. The molecule has 1 saturated heterocycles. The number of aryl methyl sites for hydroxylation is 2. The second kappa shape index (κ2) is 7.82. The second-order valence-electron chi connectivity index (χ2n) is 7.07. The van der Waals surface area contributed by atoms with E-state index in [4.69, 9.17) is 4.74 Å². The van der Waals surface area contributed by atoms with Crippen molar-refractivity contribution in [1.82, 2.24) is 14.9 Å². The Morgan fingerprint density at radius 3 is 2.74 bits per heavy atom. The fraction of sp³-hybridized carbons (Fsp3) is 0.429. The van der Waals surface area contributed by atoms with Crippen molar-refractivity contribution in [1.29, 1.82) is 0 Å². The Morgan fingerprint density at radius 1 is 1.19 bits per heavy atom. The Bertz CT molecular complexity index is 933. The van der Waals surface area contributed by atoms with Crippen molar-refractivity contribution >= 4 is 27.4 Å². The average Bonchev–Trinajstić information content (AvgIpc) is 3.32. The number of anilines is 1. The van der Waals surface area contributed by atoms with Crippen molar-refractivity contribution in [3.63, 3.8) is 0 Å². The highest BCUT2D eigenvalue weighted by Crippen LogP contribution is 2.35. The number of nitrogens with zero attached hydrogens (tertiary/aromatic N) is 3. The van der Waals surface area contributed by atoms with Crippen LogP contribution in [0.15, 0.2) is 30.6 Å². The zero-order chi connectivity index (χ0) is 18.8. The van der Waals surface area contributed by atoms with E-state index in [1.807, 2.05) is 12.1 Å². The molecule has 3 heterocycles. The maximum Gasteiger partial charge on any atom is 0.138 e. The first-order valence-corrected chi connectivity index (χ1v) is 10.3. The van der Waals surface area contributed by atoms with Gasteiger partial charge in [0.25, 0.3) is 0 Å². The van der Waals surface area contributed by atoms with Gasteiger partial charge in [-0.15, -0.1) is 11.3 Å². The van der Waals surface area contributed by atoms with Gasteiger partial charge in [0.2, 0.25) is 0 Å². The first-order chi connectivity index (χ1) is 13.2. The summed E-state index contributed by atoms with van der Waals surface area (Å²) >= 11 is 1.73. The summed E-state index contributed by atoms with van der Waals surface area (Å²) in [7, 11) is 1.75. The fourth-order valence-electron chi connectivity index (χ4n) is 3.94. The summed E-state index contributed by atoms with van der Waals surface area (Å²) < 4.78 is 5.65. The number of nitrogens with one attached hydrogen (secondary N) is 1. The molecule has 0 spiro atoms.